The fourth-order valence-corrected chi connectivity index (χ4v) is 3.37. The average molecular weight is 419 g/mol. The van der Waals surface area contributed by atoms with E-state index >= 15 is 0 Å². The molecule has 0 amide bonds. The van der Waals surface area contributed by atoms with E-state index < -0.39 is 6.10 Å². The lowest BCUT2D eigenvalue weighted by Gasteiger charge is -2.20. The minimum atomic E-state index is -0.416. The van der Waals surface area contributed by atoms with Crippen LogP contribution in [0.4, 0.5) is 0 Å². The van der Waals surface area contributed by atoms with Crippen LogP contribution in [0, 0.1) is 0 Å². The van der Waals surface area contributed by atoms with E-state index in [4.69, 9.17) is 9.47 Å². The van der Waals surface area contributed by atoms with Gasteiger partial charge in [0.25, 0.3) is 0 Å². The standard InChI is InChI=1S/C26H32O4.B/c1-4-21-10-12-23(13-11-21)15-17-25(18-20(2)27)30-26(28)19-24(29-3)16-14-22-8-6-5-7-9-22;/h4-13,24-25H,1,14-19H2,2-3H3;. The third-order valence-corrected chi connectivity index (χ3v) is 5.11. The number of esters is 1. The van der Waals surface area contributed by atoms with Crippen LogP contribution in [0.25, 0.3) is 6.08 Å². The Morgan fingerprint density at radius 1 is 0.903 bits per heavy atom. The van der Waals surface area contributed by atoms with Gasteiger partial charge in [0.15, 0.2) is 0 Å². The molecule has 0 aliphatic carbocycles. The van der Waals surface area contributed by atoms with Crippen molar-refractivity contribution in [2.45, 2.75) is 57.7 Å². The number of hydrogen-bond acceptors (Lipinski definition) is 4. The Labute approximate surface area is 188 Å². The van der Waals surface area contributed by atoms with E-state index in [1.54, 1.807) is 13.2 Å². The van der Waals surface area contributed by atoms with Gasteiger partial charge in [-0.05, 0) is 49.3 Å². The number of ether oxygens (including phenoxy) is 2. The quantitative estimate of drug-likeness (QED) is 0.345. The molecule has 0 spiro atoms. The van der Waals surface area contributed by atoms with E-state index in [0.717, 1.165) is 30.4 Å². The molecule has 163 valence electrons. The minimum Gasteiger partial charge on any atom is -0.462 e. The summed E-state index contributed by atoms with van der Waals surface area (Å²) in [6, 6.07) is 18.2. The highest BCUT2D eigenvalue weighted by atomic mass is 16.5. The summed E-state index contributed by atoms with van der Waals surface area (Å²) in [5.41, 5.74) is 3.42. The van der Waals surface area contributed by atoms with Gasteiger partial charge in [-0.15, -0.1) is 0 Å². The fraction of sp³-hybridized carbons (Fsp3) is 0.385. The molecule has 0 N–H and O–H groups in total. The number of Topliss-reactive ketones (excluding diaryl/α,β-unsaturated/α-hetero) is 1. The van der Waals surface area contributed by atoms with Crippen molar-refractivity contribution in [3.8, 4) is 0 Å². The molecule has 2 aromatic rings. The van der Waals surface area contributed by atoms with Gasteiger partial charge in [0, 0.05) is 21.9 Å². The lowest BCUT2D eigenvalue weighted by atomic mass is 10.0. The average Bonchev–Trinajstić information content (AvgIpc) is 2.75. The van der Waals surface area contributed by atoms with Gasteiger partial charge in [0.2, 0.25) is 0 Å². The van der Waals surface area contributed by atoms with E-state index in [1.165, 1.54) is 12.5 Å². The van der Waals surface area contributed by atoms with Crippen LogP contribution in [0.3, 0.4) is 0 Å². The normalized spacial score (nSPS) is 12.3. The van der Waals surface area contributed by atoms with E-state index in [0.29, 0.717) is 6.42 Å². The zero-order chi connectivity index (χ0) is 21.8. The van der Waals surface area contributed by atoms with Gasteiger partial charge in [0.1, 0.15) is 11.9 Å². The molecule has 2 unspecified atom stereocenters. The first kappa shape index (κ1) is 26.4. The first-order valence-corrected chi connectivity index (χ1v) is 10.5. The molecule has 4 nitrogen and oxygen atoms in total. The van der Waals surface area contributed by atoms with Gasteiger partial charge in [-0.1, -0.05) is 67.3 Å². The summed E-state index contributed by atoms with van der Waals surface area (Å²) in [6.07, 6.45) is 4.53. The molecule has 2 atom stereocenters. The van der Waals surface area contributed by atoms with Crippen molar-refractivity contribution in [2.75, 3.05) is 7.11 Å². The lowest BCUT2D eigenvalue weighted by Crippen LogP contribution is -2.25. The number of carbonyl (C=O) groups excluding carboxylic acids is 2. The van der Waals surface area contributed by atoms with E-state index in [2.05, 4.69) is 18.7 Å². The number of hydrogen-bond donors (Lipinski definition) is 0. The van der Waals surface area contributed by atoms with E-state index in [1.807, 2.05) is 42.5 Å². The van der Waals surface area contributed by atoms with Gasteiger partial charge in [-0.3, -0.25) is 9.59 Å². The van der Waals surface area contributed by atoms with Crippen LogP contribution >= 0.6 is 0 Å². The second kappa shape index (κ2) is 14.4. The van der Waals surface area contributed by atoms with Crippen molar-refractivity contribution in [3.63, 3.8) is 0 Å². The van der Waals surface area contributed by atoms with Gasteiger partial charge < -0.3 is 9.47 Å². The molecule has 2 rings (SSSR count). The molecule has 0 aliphatic heterocycles. The van der Waals surface area contributed by atoms with Crippen molar-refractivity contribution in [3.05, 3.63) is 77.9 Å². The Bertz CT molecular complexity index is 802. The molecule has 0 aliphatic rings. The second-order valence-corrected chi connectivity index (χ2v) is 7.59. The predicted molar refractivity (Wildman–Crippen MR) is 126 cm³/mol. The van der Waals surface area contributed by atoms with Crippen molar-refractivity contribution >= 4 is 26.2 Å². The topological polar surface area (TPSA) is 52.6 Å². The number of rotatable bonds is 13. The number of methoxy groups -OCH3 is 1. The van der Waals surface area contributed by atoms with Gasteiger partial charge in [-0.25, -0.2) is 0 Å². The maximum absolute atomic E-state index is 12.5. The number of aryl methyl sites for hydroxylation is 2. The van der Waals surface area contributed by atoms with Crippen LogP contribution in [0.15, 0.2) is 61.2 Å². The molecule has 2 aromatic carbocycles. The van der Waals surface area contributed by atoms with Crippen molar-refractivity contribution < 1.29 is 19.1 Å². The van der Waals surface area contributed by atoms with Crippen LogP contribution in [0.2, 0.25) is 0 Å². The molecule has 31 heavy (non-hydrogen) atoms. The highest BCUT2D eigenvalue weighted by Crippen LogP contribution is 2.16. The molecular weight excluding hydrogens is 387 g/mol. The highest BCUT2D eigenvalue weighted by molar-refractivity contribution is 5.77. The molecule has 5 heteroatoms. The third kappa shape index (κ3) is 10.3. The van der Waals surface area contributed by atoms with Crippen LogP contribution in [0.1, 0.15) is 49.3 Å². The van der Waals surface area contributed by atoms with Crippen LogP contribution in [0.5, 0.6) is 0 Å². The van der Waals surface area contributed by atoms with Crippen LogP contribution < -0.4 is 0 Å². The highest BCUT2D eigenvalue weighted by Gasteiger charge is 2.20. The zero-order valence-electron chi connectivity index (χ0n) is 18.6. The first-order chi connectivity index (χ1) is 14.5. The predicted octanol–water partition coefficient (Wildman–Crippen LogP) is 4.81. The second-order valence-electron chi connectivity index (χ2n) is 7.59. The third-order valence-electron chi connectivity index (χ3n) is 5.11. The van der Waals surface area contributed by atoms with Gasteiger partial charge >= 0.3 is 5.97 Å². The summed E-state index contributed by atoms with van der Waals surface area (Å²) in [7, 11) is 1.61. The van der Waals surface area contributed by atoms with E-state index in [9.17, 15) is 9.59 Å². The molecule has 0 saturated heterocycles. The minimum absolute atomic E-state index is 0. The molecule has 0 fully saturated rings. The van der Waals surface area contributed by atoms with Gasteiger partial charge in [0.05, 0.1) is 12.5 Å². The number of ketones is 1. The van der Waals surface area contributed by atoms with Crippen molar-refractivity contribution in [1.82, 2.24) is 0 Å². The smallest absolute Gasteiger partial charge is 0.308 e. The van der Waals surface area contributed by atoms with Crippen LogP contribution in [-0.4, -0.2) is 39.5 Å². The summed E-state index contributed by atoms with van der Waals surface area (Å²) < 4.78 is 11.1. The molecule has 3 radical (unpaired) electrons. The van der Waals surface area contributed by atoms with Gasteiger partial charge in [-0.2, -0.15) is 0 Å². The maximum atomic E-state index is 12.5. The molecule has 0 aromatic heterocycles. The lowest BCUT2D eigenvalue weighted by molar-refractivity contribution is -0.153. The summed E-state index contributed by atoms with van der Waals surface area (Å²) >= 11 is 0. The summed E-state index contributed by atoms with van der Waals surface area (Å²) in [5.74, 6) is -0.301. The van der Waals surface area contributed by atoms with Crippen molar-refractivity contribution in [2.24, 2.45) is 0 Å². The maximum Gasteiger partial charge on any atom is 0.308 e. The molecule has 0 heterocycles. The monoisotopic (exact) mass is 419 g/mol. The Morgan fingerprint density at radius 2 is 1.48 bits per heavy atom. The number of benzene rings is 2. The Kier molecular flexibility index (Phi) is 12.2. The first-order valence-electron chi connectivity index (χ1n) is 10.5. The SMILES string of the molecule is C=Cc1ccc(CCC(CC(C)=O)OC(=O)CC(CCc2ccccc2)OC)cc1.[B]. The Morgan fingerprint density at radius 3 is 2.03 bits per heavy atom. The Hall–Kier alpha value is -2.66. The fourth-order valence-electron chi connectivity index (χ4n) is 3.37. The summed E-state index contributed by atoms with van der Waals surface area (Å²) in [6.45, 7) is 5.28. The molecule has 0 saturated carbocycles. The van der Waals surface area contributed by atoms with E-state index in [-0.39, 0.29) is 39.1 Å². The van der Waals surface area contributed by atoms with Crippen molar-refractivity contribution in [1.29, 1.82) is 0 Å². The molecule has 0 bridgehead atoms. The zero-order valence-corrected chi connectivity index (χ0v) is 18.6. The van der Waals surface area contributed by atoms with Crippen LogP contribution in [-0.2, 0) is 31.9 Å². The number of carbonyl (C=O) groups is 2. The Balaban J connectivity index is 0.00000480. The summed E-state index contributed by atoms with van der Waals surface area (Å²) in [5, 5.41) is 0. The molecular formula is C26H32BO4. The largest absolute Gasteiger partial charge is 0.462 e. The summed E-state index contributed by atoms with van der Waals surface area (Å²) in [4.78, 5) is 24.1.